The van der Waals surface area contributed by atoms with Gasteiger partial charge in [0.15, 0.2) is 0 Å². The molecule has 0 bridgehead atoms. The molecular formula is H2KO2Rb. The van der Waals surface area contributed by atoms with Gasteiger partial charge in [-0.1, -0.05) is 0 Å². The second kappa shape index (κ2) is 16.2. The third kappa shape index (κ3) is 9.03. The molecule has 4 heavy (non-hydrogen) atoms. The van der Waals surface area contributed by atoms with Gasteiger partial charge in [-0.15, -0.1) is 0 Å². The SMILES string of the molecule is [K+].[OH-].[OH-].[Rb+]. The summed E-state index contributed by atoms with van der Waals surface area (Å²) in [4.78, 5) is 0. The molecule has 0 saturated heterocycles. The smallest absolute Gasteiger partial charge is 0.870 e. The van der Waals surface area contributed by atoms with Gasteiger partial charge < -0.3 is 11.0 Å². The molecule has 0 atom stereocenters. The fraction of sp³-hybridized carbons (Fsp3) is 0. The fourth-order valence-corrected chi connectivity index (χ4v) is 0. The van der Waals surface area contributed by atoms with Crippen LogP contribution in [-0.4, -0.2) is 11.0 Å². The van der Waals surface area contributed by atoms with Crippen molar-refractivity contribution in [1.29, 1.82) is 0 Å². The molecule has 0 aliphatic rings. The Labute approximate surface area is 117 Å². The predicted octanol–water partition coefficient (Wildman–Crippen LogP) is -6.35. The average molecular weight is 159 g/mol. The molecule has 0 aliphatic carbocycles. The molecule has 0 saturated carbocycles. The topological polar surface area (TPSA) is 60.0 Å². The Bertz CT molecular complexity index is 6.00. The molecule has 2 nitrogen and oxygen atoms in total. The van der Waals surface area contributed by atoms with Gasteiger partial charge in [-0.3, -0.25) is 0 Å². The first-order valence-corrected chi connectivity index (χ1v) is 0. The van der Waals surface area contributed by atoms with Gasteiger partial charge in [-0.05, 0) is 0 Å². The number of hydrogen-bond acceptors (Lipinski definition) is 2. The largest absolute Gasteiger partial charge is 1.00 e. The molecule has 16 valence electrons. The molecule has 0 aromatic heterocycles. The van der Waals surface area contributed by atoms with E-state index in [9.17, 15) is 0 Å². The van der Waals surface area contributed by atoms with Crippen LogP contribution in [0.25, 0.3) is 0 Å². The van der Waals surface area contributed by atoms with E-state index in [4.69, 9.17) is 0 Å². The molecule has 0 aliphatic heterocycles. The van der Waals surface area contributed by atoms with Crippen molar-refractivity contribution in [3.05, 3.63) is 0 Å². The van der Waals surface area contributed by atoms with E-state index in [0.717, 1.165) is 0 Å². The molecule has 0 unspecified atom stereocenters. The molecule has 0 heterocycles. The molecule has 0 aromatic rings. The summed E-state index contributed by atoms with van der Waals surface area (Å²) in [5, 5.41) is 0. The van der Waals surface area contributed by atoms with Gasteiger partial charge in [0.2, 0.25) is 0 Å². The van der Waals surface area contributed by atoms with E-state index in [2.05, 4.69) is 0 Å². The Kier molecular flexibility index (Phi) is 107. The average Bonchev–Trinajstić information content (AvgIpc) is 0. The van der Waals surface area contributed by atoms with E-state index in [-0.39, 0.29) is 121 Å². The van der Waals surface area contributed by atoms with Gasteiger partial charge >= 0.3 is 110 Å². The summed E-state index contributed by atoms with van der Waals surface area (Å²) in [5.41, 5.74) is 0. The molecule has 0 rings (SSSR count). The second-order valence-corrected chi connectivity index (χ2v) is 0. The summed E-state index contributed by atoms with van der Waals surface area (Å²) in [7, 11) is 0. The maximum Gasteiger partial charge on any atom is 1.00 e. The Morgan fingerprint density at radius 3 is 0.750 bits per heavy atom. The van der Waals surface area contributed by atoms with E-state index in [1.807, 2.05) is 0 Å². The maximum absolute atomic E-state index is 0. The van der Waals surface area contributed by atoms with Crippen LogP contribution in [0.15, 0.2) is 0 Å². The van der Waals surface area contributed by atoms with Crippen molar-refractivity contribution in [2.45, 2.75) is 0 Å². The van der Waals surface area contributed by atoms with Crippen LogP contribution >= 0.6 is 0 Å². The monoisotopic (exact) mass is 158 g/mol. The van der Waals surface area contributed by atoms with Crippen LogP contribution < -0.4 is 110 Å². The van der Waals surface area contributed by atoms with Crippen LogP contribution in [0.5, 0.6) is 0 Å². The molecule has 2 N–H and O–H groups in total. The van der Waals surface area contributed by atoms with Gasteiger partial charge in [0.1, 0.15) is 0 Å². The van der Waals surface area contributed by atoms with Crippen molar-refractivity contribution >= 4 is 0 Å². The van der Waals surface area contributed by atoms with Crippen LogP contribution in [0.1, 0.15) is 0 Å². The van der Waals surface area contributed by atoms with E-state index in [1.54, 1.807) is 0 Å². The molecule has 0 fully saturated rings. The van der Waals surface area contributed by atoms with E-state index in [0.29, 0.717) is 0 Å². The molecular weight excluding hydrogens is 157 g/mol. The van der Waals surface area contributed by atoms with Crippen LogP contribution in [0.2, 0.25) is 0 Å². The van der Waals surface area contributed by atoms with Crippen molar-refractivity contribution in [2.24, 2.45) is 0 Å². The summed E-state index contributed by atoms with van der Waals surface area (Å²) in [6.45, 7) is 0. The van der Waals surface area contributed by atoms with Crippen molar-refractivity contribution in [3.63, 3.8) is 0 Å². The summed E-state index contributed by atoms with van der Waals surface area (Å²) in [6, 6.07) is 0. The van der Waals surface area contributed by atoms with Crippen molar-refractivity contribution in [3.8, 4) is 0 Å². The number of hydrogen-bond donors (Lipinski definition) is 0. The van der Waals surface area contributed by atoms with E-state index in [1.165, 1.54) is 0 Å². The van der Waals surface area contributed by atoms with Crippen molar-refractivity contribution in [1.82, 2.24) is 0 Å². The van der Waals surface area contributed by atoms with Gasteiger partial charge in [-0.2, -0.15) is 0 Å². The molecule has 0 radical (unpaired) electrons. The third-order valence-electron chi connectivity index (χ3n) is 0. The minimum absolute atomic E-state index is 0. The molecule has 0 aromatic carbocycles. The normalized spacial score (nSPS) is 0. The molecule has 0 amide bonds. The summed E-state index contributed by atoms with van der Waals surface area (Å²) in [6.07, 6.45) is 0. The Balaban J connectivity index is 0. The van der Waals surface area contributed by atoms with E-state index >= 15 is 0 Å². The van der Waals surface area contributed by atoms with Crippen molar-refractivity contribution in [2.75, 3.05) is 0 Å². The van der Waals surface area contributed by atoms with Gasteiger partial charge in [0, 0.05) is 0 Å². The zero-order chi connectivity index (χ0) is 0. The number of rotatable bonds is 0. The Hall–Kier alpha value is 3.36. The van der Waals surface area contributed by atoms with Crippen LogP contribution in [0.4, 0.5) is 0 Å². The third-order valence-corrected chi connectivity index (χ3v) is 0. The van der Waals surface area contributed by atoms with E-state index < -0.39 is 0 Å². The second-order valence-electron chi connectivity index (χ2n) is 0. The standard InChI is InChI=1S/K.2H2O.Rb/h;2*1H2;/q+1;;;+1/p-2. The minimum atomic E-state index is 0. The Morgan fingerprint density at radius 2 is 0.750 bits per heavy atom. The van der Waals surface area contributed by atoms with Crippen LogP contribution in [0.3, 0.4) is 0 Å². The summed E-state index contributed by atoms with van der Waals surface area (Å²) < 4.78 is 0. The van der Waals surface area contributed by atoms with Crippen LogP contribution in [-0.2, 0) is 0 Å². The predicted molar refractivity (Wildman–Crippen MR) is 3.87 cm³/mol. The first-order valence-electron chi connectivity index (χ1n) is 0. The first-order chi connectivity index (χ1) is 0. The van der Waals surface area contributed by atoms with Gasteiger partial charge in [0.25, 0.3) is 0 Å². The van der Waals surface area contributed by atoms with Gasteiger partial charge in [-0.25, -0.2) is 0 Å². The fourth-order valence-electron chi connectivity index (χ4n) is 0. The molecule has 4 heteroatoms. The zero-order valence-electron chi connectivity index (χ0n) is 2.89. The summed E-state index contributed by atoms with van der Waals surface area (Å²) in [5.74, 6) is 0. The summed E-state index contributed by atoms with van der Waals surface area (Å²) >= 11 is 0. The molecule has 0 spiro atoms. The van der Waals surface area contributed by atoms with Gasteiger partial charge in [0.05, 0.1) is 0 Å². The zero-order valence-corrected chi connectivity index (χ0v) is 10.9. The minimum Gasteiger partial charge on any atom is -0.870 e. The first kappa shape index (κ1) is 26.4. The quantitative estimate of drug-likeness (QED) is 0.330. The Morgan fingerprint density at radius 1 is 0.750 bits per heavy atom. The maximum atomic E-state index is 0. The van der Waals surface area contributed by atoms with Crippen LogP contribution in [0, 0.1) is 0 Å². The van der Waals surface area contributed by atoms with Crippen molar-refractivity contribution < 1.29 is 121 Å².